The molecular formula is C24H19ClN2O2. The molecule has 0 aromatic heterocycles. The van der Waals surface area contributed by atoms with Gasteiger partial charge in [0.15, 0.2) is 0 Å². The van der Waals surface area contributed by atoms with Crippen molar-refractivity contribution >= 4 is 35.0 Å². The molecule has 0 N–H and O–H groups in total. The number of amides is 1. The van der Waals surface area contributed by atoms with Crippen LogP contribution < -0.4 is 9.75 Å². The maximum Gasteiger partial charge on any atom is 0.280 e. The average molecular weight is 403 g/mol. The molecule has 1 amide bonds. The SMILES string of the molecule is CC1=NN(c2ccccc2)C(=O)/C1=C/c1ccc(OCc2ccccc2)c(Cl)c1. The van der Waals surface area contributed by atoms with E-state index in [1.54, 1.807) is 12.1 Å². The number of ether oxygens (including phenoxy) is 1. The van der Waals surface area contributed by atoms with Gasteiger partial charge in [0, 0.05) is 0 Å². The topological polar surface area (TPSA) is 41.9 Å². The van der Waals surface area contributed by atoms with E-state index in [1.165, 1.54) is 5.01 Å². The second-order valence-electron chi connectivity index (χ2n) is 6.66. The highest BCUT2D eigenvalue weighted by Gasteiger charge is 2.28. The lowest BCUT2D eigenvalue weighted by Crippen LogP contribution is -2.21. The molecule has 1 aliphatic heterocycles. The molecule has 4 rings (SSSR count). The summed E-state index contributed by atoms with van der Waals surface area (Å²) >= 11 is 6.40. The van der Waals surface area contributed by atoms with E-state index < -0.39 is 0 Å². The summed E-state index contributed by atoms with van der Waals surface area (Å²) in [6.07, 6.45) is 1.80. The molecule has 0 bridgehead atoms. The molecule has 0 fully saturated rings. The van der Waals surface area contributed by atoms with Gasteiger partial charge in [0.05, 0.1) is 22.0 Å². The van der Waals surface area contributed by atoms with Crippen LogP contribution in [0, 0.1) is 0 Å². The number of hydrogen-bond acceptors (Lipinski definition) is 3. The van der Waals surface area contributed by atoms with Crippen molar-refractivity contribution in [3.8, 4) is 5.75 Å². The van der Waals surface area contributed by atoms with Crippen molar-refractivity contribution in [2.45, 2.75) is 13.5 Å². The van der Waals surface area contributed by atoms with Crippen LogP contribution in [0.3, 0.4) is 0 Å². The van der Waals surface area contributed by atoms with Crippen LogP contribution >= 0.6 is 11.6 Å². The Morgan fingerprint density at radius 3 is 2.38 bits per heavy atom. The summed E-state index contributed by atoms with van der Waals surface area (Å²) < 4.78 is 5.81. The predicted octanol–water partition coefficient (Wildman–Crippen LogP) is 5.73. The van der Waals surface area contributed by atoms with E-state index in [0.29, 0.717) is 28.7 Å². The summed E-state index contributed by atoms with van der Waals surface area (Å²) in [4.78, 5) is 12.8. The fourth-order valence-electron chi connectivity index (χ4n) is 3.05. The van der Waals surface area contributed by atoms with Gasteiger partial charge in [0.1, 0.15) is 12.4 Å². The van der Waals surface area contributed by atoms with Crippen LogP contribution in [0.5, 0.6) is 5.75 Å². The van der Waals surface area contributed by atoms with Gasteiger partial charge in [0.2, 0.25) is 0 Å². The normalized spacial score (nSPS) is 15.0. The van der Waals surface area contributed by atoms with Crippen molar-refractivity contribution in [2.75, 3.05) is 5.01 Å². The number of halogens is 1. The van der Waals surface area contributed by atoms with Crippen molar-refractivity contribution in [2.24, 2.45) is 5.10 Å². The number of carbonyl (C=O) groups excluding carboxylic acids is 1. The van der Waals surface area contributed by atoms with Crippen molar-refractivity contribution in [1.29, 1.82) is 0 Å². The molecule has 3 aromatic carbocycles. The minimum atomic E-state index is -0.158. The van der Waals surface area contributed by atoms with Crippen molar-refractivity contribution in [3.05, 3.63) is 101 Å². The molecule has 0 radical (unpaired) electrons. The third-order valence-electron chi connectivity index (χ3n) is 4.57. The zero-order chi connectivity index (χ0) is 20.2. The predicted molar refractivity (Wildman–Crippen MR) is 117 cm³/mol. The second kappa shape index (κ2) is 8.33. The van der Waals surface area contributed by atoms with Crippen molar-refractivity contribution in [1.82, 2.24) is 0 Å². The molecular weight excluding hydrogens is 384 g/mol. The van der Waals surface area contributed by atoms with Gasteiger partial charge in [-0.1, -0.05) is 66.2 Å². The van der Waals surface area contributed by atoms with E-state index in [9.17, 15) is 4.79 Å². The Labute approximate surface area is 174 Å². The van der Waals surface area contributed by atoms with Gasteiger partial charge in [-0.15, -0.1) is 0 Å². The first-order valence-corrected chi connectivity index (χ1v) is 9.62. The Balaban J connectivity index is 1.52. The standard InChI is InChI=1S/C24H19ClN2O2/c1-17-21(24(28)27(26-17)20-10-6-3-7-11-20)14-19-12-13-23(22(25)15-19)29-16-18-8-4-2-5-9-18/h2-15H,16H2,1H3/b21-14+. The van der Waals surface area contributed by atoms with Crippen molar-refractivity contribution < 1.29 is 9.53 Å². The summed E-state index contributed by atoms with van der Waals surface area (Å²) in [6.45, 7) is 2.27. The minimum absolute atomic E-state index is 0.158. The smallest absolute Gasteiger partial charge is 0.280 e. The minimum Gasteiger partial charge on any atom is -0.487 e. The maximum absolute atomic E-state index is 12.8. The van der Waals surface area contributed by atoms with Crippen LogP contribution in [-0.4, -0.2) is 11.6 Å². The van der Waals surface area contributed by atoms with Gasteiger partial charge in [-0.2, -0.15) is 10.1 Å². The number of benzene rings is 3. The molecule has 4 nitrogen and oxygen atoms in total. The fraction of sp³-hybridized carbons (Fsp3) is 0.0833. The Morgan fingerprint density at radius 1 is 1.00 bits per heavy atom. The highest BCUT2D eigenvalue weighted by Crippen LogP contribution is 2.29. The van der Waals surface area contributed by atoms with Crippen LogP contribution in [0.25, 0.3) is 6.08 Å². The van der Waals surface area contributed by atoms with Gasteiger partial charge in [-0.25, -0.2) is 0 Å². The highest BCUT2D eigenvalue weighted by atomic mass is 35.5. The molecule has 0 aliphatic carbocycles. The molecule has 0 unspecified atom stereocenters. The Kier molecular flexibility index (Phi) is 5.45. The first-order valence-electron chi connectivity index (χ1n) is 9.25. The Bertz CT molecular complexity index is 1090. The number of carbonyl (C=O) groups is 1. The summed E-state index contributed by atoms with van der Waals surface area (Å²) in [6, 6.07) is 24.8. The first-order chi connectivity index (χ1) is 14.1. The zero-order valence-electron chi connectivity index (χ0n) is 15.9. The van der Waals surface area contributed by atoms with Crippen LogP contribution in [0.4, 0.5) is 5.69 Å². The molecule has 1 aliphatic rings. The molecule has 0 atom stereocenters. The van der Waals surface area contributed by atoms with Crippen LogP contribution in [0.2, 0.25) is 5.02 Å². The van der Waals surface area contributed by atoms with Gasteiger partial charge in [0.25, 0.3) is 5.91 Å². The van der Waals surface area contributed by atoms with Crippen LogP contribution in [-0.2, 0) is 11.4 Å². The van der Waals surface area contributed by atoms with Gasteiger partial charge < -0.3 is 4.74 Å². The first kappa shape index (κ1) is 19.0. The molecule has 3 aromatic rings. The lowest BCUT2D eigenvalue weighted by molar-refractivity contribution is -0.114. The number of nitrogens with zero attached hydrogens (tertiary/aromatic N) is 2. The number of anilines is 1. The second-order valence-corrected chi connectivity index (χ2v) is 7.07. The van der Waals surface area contributed by atoms with Crippen LogP contribution in [0.15, 0.2) is 89.5 Å². The summed E-state index contributed by atoms with van der Waals surface area (Å²) in [5.74, 6) is 0.445. The van der Waals surface area contributed by atoms with E-state index in [4.69, 9.17) is 16.3 Å². The van der Waals surface area contributed by atoms with Crippen LogP contribution in [0.1, 0.15) is 18.1 Å². The van der Waals surface area contributed by atoms with E-state index in [1.807, 2.05) is 79.7 Å². The quantitative estimate of drug-likeness (QED) is 0.512. The number of para-hydroxylation sites is 1. The monoisotopic (exact) mass is 402 g/mol. The van der Waals surface area contributed by atoms with Gasteiger partial charge in [-0.3, -0.25) is 4.79 Å². The van der Waals surface area contributed by atoms with Gasteiger partial charge >= 0.3 is 0 Å². The zero-order valence-corrected chi connectivity index (χ0v) is 16.6. The maximum atomic E-state index is 12.8. The molecule has 144 valence electrons. The number of hydrazone groups is 1. The average Bonchev–Trinajstić information content (AvgIpc) is 3.03. The molecule has 0 saturated heterocycles. The summed E-state index contributed by atoms with van der Waals surface area (Å²) in [7, 11) is 0. The molecule has 0 spiro atoms. The van der Waals surface area contributed by atoms with E-state index in [2.05, 4.69) is 5.10 Å². The number of hydrogen-bond donors (Lipinski definition) is 0. The van der Waals surface area contributed by atoms with E-state index in [-0.39, 0.29) is 5.91 Å². The largest absolute Gasteiger partial charge is 0.487 e. The molecule has 1 heterocycles. The van der Waals surface area contributed by atoms with E-state index in [0.717, 1.165) is 16.8 Å². The summed E-state index contributed by atoms with van der Waals surface area (Å²) in [5.41, 5.74) is 3.83. The highest BCUT2D eigenvalue weighted by molar-refractivity contribution is 6.33. The molecule has 5 heteroatoms. The lowest BCUT2D eigenvalue weighted by atomic mass is 10.1. The third-order valence-corrected chi connectivity index (χ3v) is 4.86. The lowest BCUT2D eigenvalue weighted by Gasteiger charge is -2.11. The van der Waals surface area contributed by atoms with E-state index >= 15 is 0 Å². The third kappa shape index (κ3) is 4.23. The molecule has 29 heavy (non-hydrogen) atoms. The van der Waals surface area contributed by atoms with Gasteiger partial charge in [-0.05, 0) is 48.4 Å². The number of rotatable bonds is 5. The Morgan fingerprint density at radius 2 is 1.69 bits per heavy atom. The van der Waals surface area contributed by atoms with Crippen molar-refractivity contribution in [3.63, 3.8) is 0 Å². The Hall–Kier alpha value is -3.37. The molecule has 0 saturated carbocycles. The fourth-order valence-corrected chi connectivity index (χ4v) is 3.30. The summed E-state index contributed by atoms with van der Waals surface area (Å²) in [5, 5.41) is 6.31.